The Kier molecular flexibility index (Phi) is 6.25. The molecule has 0 aliphatic heterocycles. The van der Waals surface area contributed by atoms with E-state index in [1.807, 2.05) is 6.07 Å². The fourth-order valence-electron chi connectivity index (χ4n) is 1.95. The number of benzene rings is 1. The van der Waals surface area contributed by atoms with Gasteiger partial charge in [0.25, 0.3) is 5.91 Å². The molecular weight excluding hydrogens is 333 g/mol. The van der Waals surface area contributed by atoms with Gasteiger partial charge in [-0.05, 0) is 36.6 Å². The Morgan fingerprint density at radius 1 is 1.13 bits per heavy atom. The average molecular weight is 352 g/mol. The number of nitrogens with one attached hydrogen (secondary N) is 2. The molecule has 1 amide bonds. The van der Waals surface area contributed by atoms with Gasteiger partial charge in [0.15, 0.2) is 0 Å². The number of carbonyl (C=O) groups is 1. The van der Waals surface area contributed by atoms with Crippen LogP contribution in [-0.2, 0) is 0 Å². The number of halogens is 2. The zero-order valence-corrected chi connectivity index (χ0v) is 14.6. The van der Waals surface area contributed by atoms with Crippen LogP contribution < -0.4 is 10.6 Å². The third-order valence-corrected chi connectivity index (χ3v) is 3.95. The van der Waals surface area contributed by atoms with Crippen molar-refractivity contribution in [2.24, 2.45) is 5.92 Å². The molecule has 2 rings (SSSR count). The zero-order chi connectivity index (χ0) is 16.8. The van der Waals surface area contributed by atoms with Crippen molar-refractivity contribution in [3.05, 3.63) is 52.3 Å². The molecule has 0 saturated carbocycles. The summed E-state index contributed by atoms with van der Waals surface area (Å²) in [4.78, 5) is 16.2. The van der Waals surface area contributed by atoms with E-state index < -0.39 is 0 Å². The van der Waals surface area contributed by atoms with Gasteiger partial charge in [-0.15, -0.1) is 0 Å². The highest BCUT2D eigenvalue weighted by molar-refractivity contribution is 6.42. The van der Waals surface area contributed by atoms with E-state index in [9.17, 15) is 4.79 Å². The van der Waals surface area contributed by atoms with Crippen LogP contribution in [0.3, 0.4) is 0 Å². The molecule has 4 nitrogen and oxygen atoms in total. The second-order valence-electron chi connectivity index (χ2n) is 5.65. The second kappa shape index (κ2) is 8.18. The minimum atomic E-state index is -0.129. The quantitative estimate of drug-likeness (QED) is 0.777. The zero-order valence-electron chi connectivity index (χ0n) is 13.1. The van der Waals surface area contributed by atoms with Gasteiger partial charge < -0.3 is 10.6 Å². The molecule has 2 aromatic rings. The summed E-state index contributed by atoms with van der Waals surface area (Å²) in [5.41, 5.74) is 2.00. The van der Waals surface area contributed by atoms with Crippen molar-refractivity contribution in [1.29, 1.82) is 0 Å². The lowest BCUT2D eigenvalue weighted by Crippen LogP contribution is -2.25. The van der Waals surface area contributed by atoms with Gasteiger partial charge in [0.2, 0.25) is 0 Å². The standard InChI is InChI=1S/C17H19Cl2N3O/c1-11(2)5-6-21-17(23)12-7-14(10-20-9-12)22-13-3-4-15(18)16(19)8-13/h3-4,7-11,22H,5-6H2,1-2H3,(H,21,23). The normalized spacial score (nSPS) is 10.7. The van der Waals surface area contributed by atoms with Crippen LogP contribution in [0.5, 0.6) is 0 Å². The second-order valence-corrected chi connectivity index (χ2v) is 6.47. The lowest BCUT2D eigenvalue weighted by atomic mass is 10.1. The van der Waals surface area contributed by atoms with Gasteiger partial charge in [0.1, 0.15) is 0 Å². The molecule has 0 bridgehead atoms. The molecule has 0 unspecified atom stereocenters. The maximum absolute atomic E-state index is 12.1. The summed E-state index contributed by atoms with van der Waals surface area (Å²) in [5.74, 6) is 0.423. The molecule has 0 spiro atoms. The molecular formula is C17H19Cl2N3O. The van der Waals surface area contributed by atoms with Crippen LogP contribution in [0.15, 0.2) is 36.7 Å². The van der Waals surface area contributed by atoms with Crippen LogP contribution in [0.1, 0.15) is 30.6 Å². The Morgan fingerprint density at radius 2 is 1.91 bits per heavy atom. The number of carbonyl (C=O) groups excluding carboxylic acids is 1. The summed E-state index contributed by atoms with van der Waals surface area (Å²) in [6.45, 7) is 4.89. The number of amides is 1. The Labute approximate surface area is 146 Å². The topological polar surface area (TPSA) is 54.0 Å². The van der Waals surface area contributed by atoms with Crippen molar-refractivity contribution < 1.29 is 4.79 Å². The van der Waals surface area contributed by atoms with Gasteiger partial charge in [-0.3, -0.25) is 9.78 Å². The monoisotopic (exact) mass is 351 g/mol. The minimum absolute atomic E-state index is 0.129. The highest BCUT2D eigenvalue weighted by Gasteiger charge is 2.07. The number of nitrogens with zero attached hydrogens (tertiary/aromatic N) is 1. The molecule has 1 aromatic carbocycles. The van der Waals surface area contributed by atoms with Crippen LogP contribution in [0, 0.1) is 5.92 Å². The summed E-state index contributed by atoms with van der Waals surface area (Å²) >= 11 is 11.9. The molecule has 2 N–H and O–H groups in total. The Morgan fingerprint density at radius 3 is 2.61 bits per heavy atom. The van der Waals surface area contributed by atoms with E-state index in [-0.39, 0.29) is 5.91 Å². The fourth-order valence-corrected chi connectivity index (χ4v) is 2.25. The maximum Gasteiger partial charge on any atom is 0.252 e. The van der Waals surface area contributed by atoms with Crippen molar-refractivity contribution in [2.75, 3.05) is 11.9 Å². The molecule has 23 heavy (non-hydrogen) atoms. The molecule has 0 radical (unpaired) electrons. The van der Waals surface area contributed by atoms with Crippen LogP contribution in [0.4, 0.5) is 11.4 Å². The number of hydrogen-bond acceptors (Lipinski definition) is 3. The first kappa shape index (κ1) is 17.6. The first-order chi connectivity index (χ1) is 11.0. The van der Waals surface area contributed by atoms with Crippen molar-refractivity contribution >= 4 is 40.5 Å². The number of pyridine rings is 1. The molecule has 1 aromatic heterocycles. The fraction of sp³-hybridized carbons (Fsp3) is 0.294. The highest BCUT2D eigenvalue weighted by atomic mass is 35.5. The van der Waals surface area contributed by atoms with Gasteiger partial charge >= 0.3 is 0 Å². The van der Waals surface area contributed by atoms with Gasteiger partial charge in [0.05, 0.1) is 27.5 Å². The summed E-state index contributed by atoms with van der Waals surface area (Å²) in [6.07, 6.45) is 4.14. The Bertz CT molecular complexity index is 689. The van der Waals surface area contributed by atoms with Crippen molar-refractivity contribution in [3.8, 4) is 0 Å². The summed E-state index contributed by atoms with van der Waals surface area (Å²) in [7, 11) is 0. The predicted molar refractivity (Wildman–Crippen MR) is 95.8 cm³/mol. The molecule has 0 atom stereocenters. The van der Waals surface area contributed by atoms with Gasteiger partial charge in [-0.25, -0.2) is 0 Å². The molecule has 122 valence electrons. The lowest BCUT2D eigenvalue weighted by molar-refractivity contribution is 0.0951. The maximum atomic E-state index is 12.1. The van der Waals surface area contributed by atoms with E-state index in [2.05, 4.69) is 29.5 Å². The summed E-state index contributed by atoms with van der Waals surface area (Å²) in [6, 6.07) is 6.99. The van der Waals surface area contributed by atoms with Crippen molar-refractivity contribution in [3.63, 3.8) is 0 Å². The van der Waals surface area contributed by atoms with Crippen LogP contribution in [-0.4, -0.2) is 17.4 Å². The third-order valence-electron chi connectivity index (χ3n) is 3.22. The molecule has 0 saturated heterocycles. The molecule has 0 fully saturated rings. The third kappa shape index (κ3) is 5.41. The molecule has 0 aliphatic carbocycles. The number of hydrogen-bond donors (Lipinski definition) is 2. The molecule has 0 aliphatic rings. The first-order valence-corrected chi connectivity index (χ1v) is 8.16. The average Bonchev–Trinajstić information content (AvgIpc) is 2.51. The molecule has 1 heterocycles. The van der Waals surface area contributed by atoms with Crippen LogP contribution >= 0.6 is 23.2 Å². The van der Waals surface area contributed by atoms with E-state index in [0.717, 1.165) is 12.1 Å². The largest absolute Gasteiger partial charge is 0.354 e. The van der Waals surface area contributed by atoms with Crippen LogP contribution in [0.25, 0.3) is 0 Å². The van der Waals surface area contributed by atoms with Gasteiger partial charge in [-0.1, -0.05) is 37.0 Å². The van der Waals surface area contributed by atoms with Crippen molar-refractivity contribution in [2.45, 2.75) is 20.3 Å². The Balaban J connectivity index is 2.04. The summed E-state index contributed by atoms with van der Waals surface area (Å²) < 4.78 is 0. The number of anilines is 2. The highest BCUT2D eigenvalue weighted by Crippen LogP contribution is 2.26. The Hall–Kier alpha value is -1.78. The predicted octanol–water partition coefficient (Wildman–Crippen LogP) is 4.91. The SMILES string of the molecule is CC(C)CCNC(=O)c1cncc(Nc2ccc(Cl)c(Cl)c2)c1. The minimum Gasteiger partial charge on any atom is -0.354 e. The van der Waals surface area contributed by atoms with E-state index in [0.29, 0.717) is 33.8 Å². The van der Waals surface area contributed by atoms with Gasteiger partial charge in [0, 0.05) is 18.4 Å². The van der Waals surface area contributed by atoms with Gasteiger partial charge in [-0.2, -0.15) is 0 Å². The van der Waals surface area contributed by atoms with Crippen molar-refractivity contribution in [1.82, 2.24) is 10.3 Å². The number of rotatable bonds is 6. The first-order valence-electron chi connectivity index (χ1n) is 7.41. The van der Waals surface area contributed by atoms with Crippen LogP contribution in [0.2, 0.25) is 10.0 Å². The van der Waals surface area contributed by atoms with E-state index >= 15 is 0 Å². The van der Waals surface area contributed by atoms with E-state index in [1.165, 1.54) is 0 Å². The smallest absolute Gasteiger partial charge is 0.252 e. The number of aromatic nitrogens is 1. The lowest BCUT2D eigenvalue weighted by Gasteiger charge is -2.10. The summed E-state index contributed by atoms with van der Waals surface area (Å²) in [5, 5.41) is 7.01. The molecule has 6 heteroatoms. The van der Waals surface area contributed by atoms with E-state index in [4.69, 9.17) is 23.2 Å². The van der Waals surface area contributed by atoms with E-state index in [1.54, 1.807) is 30.6 Å².